The first-order chi connectivity index (χ1) is 15.0. The van der Waals surface area contributed by atoms with E-state index < -0.39 is 0 Å². The topological polar surface area (TPSA) is 71.8 Å². The van der Waals surface area contributed by atoms with Crippen molar-refractivity contribution in [3.05, 3.63) is 77.7 Å². The van der Waals surface area contributed by atoms with Crippen molar-refractivity contribution in [2.75, 3.05) is 23.4 Å². The maximum Gasteiger partial charge on any atom is 0.291 e. The molecule has 2 aromatic carbocycles. The molecule has 2 heterocycles. The van der Waals surface area contributed by atoms with Crippen LogP contribution in [0.1, 0.15) is 47.9 Å². The van der Waals surface area contributed by atoms with Gasteiger partial charge in [0.15, 0.2) is 12.4 Å². The first-order valence-corrected chi connectivity index (χ1v) is 10.5. The quantitative estimate of drug-likeness (QED) is 0.611. The SMILES string of the molecule is CC(C)c1ccc2c(c1)CCCN2C(=O)COc1cccc(NC(=O)c2ccco2)c1. The Morgan fingerprint density at radius 2 is 2.00 bits per heavy atom. The number of fused-ring (bicyclic) bond motifs is 1. The molecule has 0 bridgehead atoms. The van der Waals surface area contributed by atoms with E-state index in [1.54, 1.807) is 36.4 Å². The van der Waals surface area contributed by atoms with Crippen molar-refractivity contribution in [1.82, 2.24) is 0 Å². The molecule has 160 valence electrons. The molecule has 0 spiro atoms. The van der Waals surface area contributed by atoms with Crippen LogP contribution in [0, 0.1) is 0 Å². The number of furan rings is 1. The molecular weight excluding hydrogens is 392 g/mol. The van der Waals surface area contributed by atoms with Gasteiger partial charge in [-0.1, -0.05) is 32.0 Å². The molecule has 0 radical (unpaired) electrons. The molecule has 1 N–H and O–H groups in total. The molecule has 1 aliphatic rings. The average molecular weight is 418 g/mol. The standard InChI is InChI=1S/C25H26N2O4/c1-17(2)18-10-11-22-19(14-18)6-4-12-27(22)24(28)16-31-21-8-3-7-20(15-21)26-25(29)23-9-5-13-30-23/h3,5,7-11,13-15,17H,4,6,12,16H2,1-2H3,(H,26,29). The number of carbonyl (C=O) groups excluding carboxylic acids is 2. The van der Waals surface area contributed by atoms with E-state index in [1.165, 1.54) is 17.4 Å². The molecule has 1 aliphatic heterocycles. The smallest absolute Gasteiger partial charge is 0.291 e. The lowest BCUT2D eigenvalue weighted by Gasteiger charge is -2.30. The Labute approximate surface area is 181 Å². The number of nitrogens with zero attached hydrogens (tertiary/aromatic N) is 1. The summed E-state index contributed by atoms with van der Waals surface area (Å²) in [7, 11) is 0. The molecule has 6 nitrogen and oxygen atoms in total. The van der Waals surface area contributed by atoms with Gasteiger partial charge in [0, 0.05) is 24.0 Å². The zero-order valence-corrected chi connectivity index (χ0v) is 17.8. The Bertz CT molecular complexity index is 1070. The van der Waals surface area contributed by atoms with Crippen LogP contribution in [0.2, 0.25) is 0 Å². The minimum Gasteiger partial charge on any atom is -0.484 e. The lowest BCUT2D eigenvalue weighted by Crippen LogP contribution is -2.38. The third-order valence-corrected chi connectivity index (χ3v) is 5.39. The molecule has 0 saturated carbocycles. The third kappa shape index (κ3) is 4.79. The summed E-state index contributed by atoms with van der Waals surface area (Å²) in [5.41, 5.74) is 4.05. The van der Waals surface area contributed by atoms with E-state index >= 15 is 0 Å². The summed E-state index contributed by atoms with van der Waals surface area (Å²) in [5.74, 6) is 0.774. The second kappa shape index (κ2) is 9.08. The number of hydrogen-bond donors (Lipinski definition) is 1. The van der Waals surface area contributed by atoms with Gasteiger partial charge in [0.1, 0.15) is 5.75 Å². The number of hydrogen-bond acceptors (Lipinski definition) is 4. The second-order valence-corrected chi connectivity index (χ2v) is 7.94. The molecule has 0 unspecified atom stereocenters. The van der Waals surface area contributed by atoms with Gasteiger partial charge >= 0.3 is 0 Å². The number of rotatable bonds is 6. The molecule has 4 rings (SSSR count). The molecule has 31 heavy (non-hydrogen) atoms. The van der Waals surface area contributed by atoms with Crippen molar-refractivity contribution in [3.63, 3.8) is 0 Å². The normalized spacial score (nSPS) is 13.1. The van der Waals surface area contributed by atoms with Crippen LogP contribution in [0.15, 0.2) is 65.3 Å². The summed E-state index contributed by atoms with van der Waals surface area (Å²) in [6.07, 6.45) is 3.37. The zero-order chi connectivity index (χ0) is 21.8. The number of amides is 2. The van der Waals surface area contributed by atoms with Crippen LogP contribution in [0.4, 0.5) is 11.4 Å². The molecule has 0 saturated heterocycles. The van der Waals surface area contributed by atoms with Crippen molar-refractivity contribution in [2.45, 2.75) is 32.6 Å². The maximum absolute atomic E-state index is 12.9. The highest BCUT2D eigenvalue weighted by Gasteiger charge is 2.23. The van der Waals surface area contributed by atoms with Crippen LogP contribution in [-0.2, 0) is 11.2 Å². The van der Waals surface area contributed by atoms with Crippen molar-refractivity contribution >= 4 is 23.2 Å². The van der Waals surface area contributed by atoms with Crippen LogP contribution in [0.5, 0.6) is 5.75 Å². The van der Waals surface area contributed by atoms with Gasteiger partial charge in [-0.05, 0) is 60.2 Å². The average Bonchev–Trinajstić information content (AvgIpc) is 3.32. The fourth-order valence-electron chi connectivity index (χ4n) is 3.72. The summed E-state index contributed by atoms with van der Waals surface area (Å²) < 4.78 is 10.8. The van der Waals surface area contributed by atoms with Gasteiger partial charge < -0.3 is 19.4 Å². The summed E-state index contributed by atoms with van der Waals surface area (Å²) in [4.78, 5) is 26.8. The highest BCUT2D eigenvalue weighted by Crippen LogP contribution is 2.30. The monoisotopic (exact) mass is 418 g/mol. The van der Waals surface area contributed by atoms with E-state index in [1.807, 2.05) is 11.0 Å². The van der Waals surface area contributed by atoms with Gasteiger partial charge in [0.05, 0.1) is 6.26 Å². The molecular formula is C25H26N2O4. The Kier molecular flexibility index (Phi) is 6.07. The van der Waals surface area contributed by atoms with Crippen LogP contribution >= 0.6 is 0 Å². The van der Waals surface area contributed by atoms with E-state index in [4.69, 9.17) is 9.15 Å². The van der Waals surface area contributed by atoms with Crippen molar-refractivity contribution in [3.8, 4) is 5.75 Å². The first-order valence-electron chi connectivity index (χ1n) is 10.5. The Morgan fingerprint density at radius 3 is 2.77 bits per heavy atom. The van der Waals surface area contributed by atoms with Crippen LogP contribution in [0.3, 0.4) is 0 Å². The second-order valence-electron chi connectivity index (χ2n) is 7.94. The maximum atomic E-state index is 12.9. The summed E-state index contributed by atoms with van der Waals surface area (Å²) in [5, 5.41) is 2.76. The number of ether oxygens (including phenoxy) is 1. The lowest BCUT2D eigenvalue weighted by molar-refractivity contribution is -0.120. The third-order valence-electron chi connectivity index (χ3n) is 5.39. The number of anilines is 2. The Hall–Kier alpha value is -3.54. The Balaban J connectivity index is 1.40. The van der Waals surface area contributed by atoms with Gasteiger partial charge in [-0.15, -0.1) is 0 Å². The van der Waals surface area contributed by atoms with Gasteiger partial charge in [-0.3, -0.25) is 9.59 Å². The van der Waals surface area contributed by atoms with E-state index in [0.717, 1.165) is 18.5 Å². The number of nitrogens with one attached hydrogen (secondary N) is 1. The number of carbonyl (C=O) groups is 2. The van der Waals surface area contributed by atoms with Gasteiger partial charge in [-0.2, -0.15) is 0 Å². The Morgan fingerprint density at radius 1 is 1.13 bits per heavy atom. The number of aryl methyl sites for hydroxylation is 1. The fraction of sp³-hybridized carbons (Fsp3) is 0.280. The molecule has 6 heteroatoms. The van der Waals surface area contributed by atoms with Gasteiger partial charge in [-0.25, -0.2) is 0 Å². The zero-order valence-electron chi connectivity index (χ0n) is 17.8. The van der Waals surface area contributed by atoms with Crippen molar-refractivity contribution in [2.24, 2.45) is 0 Å². The predicted octanol–water partition coefficient (Wildman–Crippen LogP) is 5.01. The largest absolute Gasteiger partial charge is 0.484 e. The molecule has 0 fully saturated rings. The van der Waals surface area contributed by atoms with Crippen molar-refractivity contribution in [1.29, 1.82) is 0 Å². The van der Waals surface area contributed by atoms with Crippen LogP contribution < -0.4 is 15.0 Å². The van der Waals surface area contributed by atoms with E-state index in [-0.39, 0.29) is 24.2 Å². The van der Waals surface area contributed by atoms with Crippen molar-refractivity contribution < 1.29 is 18.7 Å². The summed E-state index contributed by atoms with van der Waals surface area (Å²) >= 11 is 0. The van der Waals surface area contributed by atoms with Crippen LogP contribution in [-0.4, -0.2) is 25.0 Å². The van der Waals surface area contributed by atoms with Gasteiger partial charge in [0.2, 0.25) is 0 Å². The number of benzene rings is 2. The first kappa shape index (κ1) is 20.7. The summed E-state index contributed by atoms with van der Waals surface area (Å²) in [6.45, 7) is 4.97. The molecule has 3 aromatic rings. The molecule has 0 atom stereocenters. The summed E-state index contributed by atoms with van der Waals surface area (Å²) in [6, 6.07) is 16.6. The lowest BCUT2D eigenvalue weighted by atomic mass is 9.95. The van der Waals surface area contributed by atoms with Crippen LogP contribution in [0.25, 0.3) is 0 Å². The molecule has 1 aromatic heterocycles. The fourth-order valence-corrected chi connectivity index (χ4v) is 3.72. The molecule has 0 aliphatic carbocycles. The minimum atomic E-state index is -0.344. The molecule has 2 amide bonds. The predicted molar refractivity (Wildman–Crippen MR) is 120 cm³/mol. The van der Waals surface area contributed by atoms with E-state index in [9.17, 15) is 9.59 Å². The minimum absolute atomic E-state index is 0.0685. The van der Waals surface area contributed by atoms with E-state index in [2.05, 4.69) is 31.3 Å². The van der Waals surface area contributed by atoms with Gasteiger partial charge in [0.25, 0.3) is 11.8 Å². The highest BCUT2D eigenvalue weighted by atomic mass is 16.5. The van der Waals surface area contributed by atoms with E-state index in [0.29, 0.717) is 23.9 Å². The highest BCUT2D eigenvalue weighted by molar-refractivity contribution is 6.02.